The minimum absolute atomic E-state index is 0.670. The number of fused-ring (bicyclic) bond motifs is 1. The first kappa shape index (κ1) is 10.4. The van der Waals surface area contributed by atoms with Crippen molar-refractivity contribution in [3.8, 4) is 0 Å². The standard InChI is InChI=1S/C8H8I2N4/c1-5-3-11-7-6(10(2)9)4-12-14-8(7)13-5/h3-4H,1-2H3. The fourth-order valence-electron chi connectivity index (χ4n) is 1.09. The second-order valence-electron chi connectivity index (χ2n) is 2.78. The van der Waals surface area contributed by atoms with Crippen LogP contribution < -0.4 is 0 Å². The van der Waals surface area contributed by atoms with Gasteiger partial charge in [-0.05, 0) is 0 Å². The Morgan fingerprint density at radius 2 is 2.14 bits per heavy atom. The van der Waals surface area contributed by atoms with Gasteiger partial charge in [-0.2, -0.15) is 0 Å². The zero-order valence-corrected chi connectivity index (χ0v) is 12.0. The summed E-state index contributed by atoms with van der Waals surface area (Å²) in [5.41, 5.74) is 2.48. The number of alkyl halides is 1. The van der Waals surface area contributed by atoms with Crippen molar-refractivity contribution >= 4 is 45.6 Å². The monoisotopic (exact) mass is 414 g/mol. The second-order valence-corrected chi connectivity index (χ2v) is 14.4. The van der Waals surface area contributed by atoms with E-state index in [1.807, 2.05) is 13.1 Å². The van der Waals surface area contributed by atoms with Gasteiger partial charge in [0.25, 0.3) is 0 Å². The average molecular weight is 414 g/mol. The van der Waals surface area contributed by atoms with Crippen molar-refractivity contribution in [3.05, 3.63) is 21.7 Å². The molecule has 14 heavy (non-hydrogen) atoms. The van der Waals surface area contributed by atoms with Gasteiger partial charge in [0.05, 0.1) is 0 Å². The number of nitrogens with zero attached hydrogens (tertiary/aromatic N) is 4. The van der Waals surface area contributed by atoms with E-state index in [9.17, 15) is 0 Å². The van der Waals surface area contributed by atoms with Crippen LogP contribution in [0, 0.1) is 10.5 Å². The molecule has 0 saturated carbocycles. The normalized spacial score (nSPS) is 11.8. The van der Waals surface area contributed by atoms with Gasteiger partial charge < -0.3 is 0 Å². The average Bonchev–Trinajstić information content (AvgIpc) is 2.16. The van der Waals surface area contributed by atoms with E-state index in [0.717, 1.165) is 11.2 Å². The van der Waals surface area contributed by atoms with Crippen LogP contribution in [0.5, 0.6) is 0 Å². The van der Waals surface area contributed by atoms with E-state index >= 15 is 0 Å². The molecule has 0 amide bonds. The summed E-state index contributed by atoms with van der Waals surface area (Å²) in [4.78, 5) is 10.9. The molecule has 0 N–H and O–H groups in total. The van der Waals surface area contributed by atoms with Crippen LogP contribution in [0.25, 0.3) is 11.2 Å². The zero-order valence-electron chi connectivity index (χ0n) is 7.70. The first-order valence-corrected chi connectivity index (χ1v) is 13.4. The number of halogens is 2. The van der Waals surface area contributed by atoms with Crippen LogP contribution in [0.3, 0.4) is 0 Å². The van der Waals surface area contributed by atoms with Gasteiger partial charge in [0.1, 0.15) is 0 Å². The predicted molar refractivity (Wildman–Crippen MR) is 72.5 cm³/mol. The quantitative estimate of drug-likeness (QED) is 0.532. The Morgan fingerprint density at radius 1 is 1.36 bits per heavy atom. The third kappa shape index (κ3) is 1.95. The van der Waals surface area contributed by atoms with Gasteiger partial charge in [-0.3, -0.25) is 0 Å². The molecule has 0 fully saturated rings. The molecule has 2 aromatic heterocycles. The summed E-state index contributed by atoms with van der Waals surface area (Å²) in [5.74, 6) is 0. The van der Waals surface area contributed by atoms with Crippen LogP contribution in [-0.4, -0.2) is 25.1 Å². The Morgan fingerprint density at radius 3 is 2.86 bits per heavy atom. The summed E-state index contributed by atoms with van der Waals surface area (Å²) in [7, 11) is 0. The van der Waals surface area contributed by atoms with Crippen molar-refractivity contribution in [3.63, 3.8) is 0 Å². The van der Waals surface area contributed by atoms with Gasteiger partial charge in [0.15, 0.2) is 0 Å². The first-order chi connectivity index (χ1) is 6.68. The molecule has 2 aromatic rings. The molecule has 0 aliphatic carbocycles. The van der Waals surface area contributed by atoms with Gasteiger partial charge in [0, 0.05) is 0 Å². The summed E-state index contributed by atoms with van der Waals surface area (Å²) in [6, 6.07) is 0. The van der Waals surface area contributed by atoms with Crippen molar-refractivity contribution in [2.45, 2.75) is 6.92 Å². The van der Waals surface area contributed by atoms with Crippen LogP contribution in [0.1, 0.15) is 5.69 Å². The predicted octanol–water partition coefficient (Wildman–Crippen LogP) is 2.38. The third-order valence-corrected chi connectivity index (χ3v) is 7.04. The SMILES string of the molecule is Cc1cnc2c(I(C)I)cnnc2n1. The van der Waals surface area contributed by atoms with E-state index in [4.69, 9.17) is 0 Å². The van der Waals surface area contributed by atoms with Crippen LogP contribution in [0.4, 0.5) is 0 Å². The van der Waals surface area contributed by atoms with Gasteiger partial charge >= 0.3 is 99.3 Å². The number of hydrogen-bond donors (Lipinski definition) is 0. The second kappa shape index (κ2) is 4.17. The molecule has 0 spiro atoms. The maximum atomic E-state index is 4.37. The molecule has 6 heteroatoms. The molecule has 0 aromatic carbocycles. The zero-order chi connectivity index (χ0) is 10.1. The van der Waals surface area contributed by atoms with E-state index in [-0.39, 0.29) is 0 Å². The molecule has 4 nitrogen and oxygen atoms in total. The number of aromatic nitrogens is 4. The minimum atomic E-state index is -1.10. The molecule has 0 saturated heterocycles. The topological polar surface area (TPSA) is 51.6 Å². The molecule has 74 valence electrons. The summed E-state index contributed by atoms with van der Waals surface area (Å²) in [6.45, 7) is 1.91. The molecule has 0 aliphatic heterocycles. The Kier molecular flexibility index (Phi) is 3.10. The molecular formula is C8H8I2N4. The van der Waals surface area contributed by atoms with Crippen LogP contribution >= 0.6 is 34.5 Å². The maximum absolute atomic E-state index is 4.37. The van der Waals surface area contributed by atoms with E-state index in [2.05, 4.69) is 43.7 Å². The van der Waals surface area contributed by atoms with Gasteiger partial charge in [-0.15, -0.1) is 0 Å². The molecule has 0 aliphatic rings. The van der Waals surface area contributed by atoms with Gasteiger partial charge in [-0.25, -0.2) is 0 Å². The van der Waals surface area contributed by atoms with E-state index in [0.29, 0.717) is 5.65 Å². The Balaban J connectivity index is 2.75. The Hall–Kier alpha value is -0.120. The van der Waals surface area contributed by atoms with Crippen LogP contribution in [0.2, 0.25) is 0 Å². The Bertz CT molecular complexity index is 472. The van der Waals surface area contributed by atoms with Crippen molar-refractivity contribution in [2.75, 3.05) is 4.93 Å². The molecule has 0 unspecified atom stereocenters. The molecule has 2 heterocycles. The third-order valence-electron chi connectivity index (χ3n) is 1.70. The van der Waals surface area contributed by atoms with Gasteiger partial charge in [-0.1, -0.05) is 0 Å². The molecule has 0 bridgehead atoms. The van der Waals surface area contributed by atoms with Crippen molar-refractivity contribution in [2.24, 2.45) is 0 Å². The van der Waals surface area contributed by atoms with Crippen molar-refractivity contribution in [1.29, 1.82) is 0 Å². The van der Waals surface area contributed by atoms with Crippen molar-refractivity contribution in [1.82, 2.24) is 20.2 Å². The van der Waals surface area contributed by atoms with E-state index in [1.54, 1.807) is 6.20 Å². The Labute approximate surface area is 98.5 Å². The van der Waals surface area contributed by atoms with Crippen molar-refractivity contribution < 1.29 is 0 Å². The first-order valence-electron chi connectivity index (χ1n) is 3.90. The number of rotatable bonds is 1. The molecule has 0 atom stereocenters. The van der Waals surface area contributed by atoms with Crippen LogP contribution in [0.15, 0.2) is 12.4 Å². The summed E-state index contributed by atoms with van der Waals surface area (Å²) in [5, 5.41) is 7.94. The fraction of sp³-hybridized carbons (Fsp3) is 0.250. The number of hydrogen-bond acceptors (Lipinski definition) is 4. The summed E-state index contributed by atoms with van der Waals surface area (Å²) in [6.07, 6.45) is 3.60. The number of aryl methyl sites for hydroxylation is 1. The van der Waals surface area contributed by atoms with E-state index in [1.165, 1.54) is 3.57 Å². The van der Waals surface area contributed by atoms with Gasteiger partial charge in [0.2, 0.25) is 0 Å². The molecular weight excluding hydrogens is 406 g/mol. The molecule has 0 radical (unpaired) electrons. The van der Waals surface area contributed by atoms with Crippen LogP contribution in [-0.2, 0) is 0 Å². The summed E-state index contributed by atoms with van der Waals surface area (Å²) >= 11 is 1.39. The summed E-state index contributed by atoms with van der Waals surface area (Å²) < 4.78 is 1.24. The molecule has 2 rings (SSSR count). The van der Waals surface area contributed by atoms with E-state index < -0.39 is 15.8 Å². The fourth-order valence-corrected chi connectivity index (χ4v) is 4.68.